The van der Waals surface area contributed by atoms with Crippen molar-refractivity contribution in [3.63, 3.8) is 0 Å². The quantitative estimate of drug-likeness (QED) is 0.694. The zero-order chi connectivity index (χ0) is 15.5. The van der Waals surface area contributed by atoms with Gasteiger partial charge in [-0.05, 0) is 30.3 Å². The molecule has 2 aromatic carbocycles. The Balaban J connectivity index is 1.96. The SMILES string of the molecule is COC(=O)c1cccc(-c2noc(-c3cccc(F)c3)n2)c1. The summed E-state index contributed by atoms with van der Waals surface area (Å²) < 4.78 is 23.0. The van der Waals surface area contributed by atoms with Crippen LogP contribution in [0, 0.1) is 5.82 Å². The second kappa shape index (κ2) is 5.77. The number of carbonyl (C=O) groups excluding carboxylic acids is 1. The highest BCUT2D eigenvalue weighted by molar-refractivity contribution is 5.90. The minimum Gasteiger partial charge on any atom is -0.465 e. The average Bonchev–Trinajstić information content (AvgIpc) is 3.04. The van der Waals surface area contributed by atoms with E-state index in [2.05, 4.69) is 14.9 Å². The molecule has 0 fully saturated rings. The molecule has 3 rings (SSSR count). The first kappa shape index (κ1) is 13.9. The van der Waals surface area contributed by atoms with E-state index in [-0.39, 0.29) is 11.7 Å². The van der Waals surface area contributed by atoms with Crippen molar-refractivity contribution < 1.29 is 18.4 Å². The second-order valence-electron chi connectivity index (χ2n) is 4.51. The Morgan fingerprint density at radius 3 is 2.68 bits per heavy atom. The zero-order valence-corrected chi connectivity index (χ0v) is 11.6. The van der Waals surface area contributed by atoms with Crippen molar-refractivity contribution in [2.24, 2.45) is 0 Å². The third-order valence-corrected chi connectivity index (χ3v) is 3.04. The summed E-state index contributed by atoms with van der Waals surface area (Å²) in [6, 6.07) is 12.5. The predicted molar refractivity (Wildman–Crippen MR) is 76.5 cm³/mol. The number of aromatic nitrogens is 2. The van der Waals surface area contributed by atoms with Gasteiger partial charge in [-0.2, -0.15) is 4.98 Å². The lowest BCUT2D eigenvalue weighted by molar-refractivity contribution is 0.0601. The van der Waals surface area contributed by atoms with Crippen molar-refractivity contribution in [2.45, 2.75) is 0 Å². The van der Waals surface area contributed by atoms with E-state index >= 15 is 0 Å². The number of nitrogens with zero attached hydrogens (tertiary/aromatic N) is 2. The van der Waals surface area contributed by atoms with Crippen LogP contribution in [0.5, 0.6) is 0 Å². The highest BCUT2D eigenvalue weighted by Crippen LogP contribution is 2.23. The number of halogens is 1. The van der Waals surface area contributed by atoms with Gasteiger partial charge in [0.2, 0.25) is 5.82 Å². The standard InChI is InChI=1S/C16H11FN2O3/c1-21-16(20)12-6-2-4-10(8-12)14-18-15(22-19-14)11-5-3-7-13(17)9-11/h2-9H,1H3. The van der Waals surface area contributed by atoms with E-state index in [4.69, 9.17) is 4.52 Å². The van der Waals surface area contributed by atoms with Gasteiger partial charge in [0.15, 0.2) is 0 Å². The Hall–Kier alpha value is -3.02. The number of hydrogen-bond acceptors (Lipinski definition) is 5. The molecule has 0 N–H and O–H groups in total. The average molecular weight is 298 g/mol. The van der Waals surface area contributed by atoms with Gasteiger partial charge in [0.05, 0.1) is 12.7 Å². The minimum absolute atomic E-state index is 0.206. The molecule has 5 nitrogen and oxygen atoms in total. The van der Waals surface area contributed by atoms with Gasteiger partial charge in [-0.3, -0.25) is 0 Å². The molecule has 0 amide bonds. The van der Waals surface area contributed by atoms with Crippen LogP contribution >= 0.6 is 0 Å². The lowest BCUT2D eigenvalue weighted by Crippen LogP contribution is -2.00. The number of esters is 1. The van der Waals surface area contributed by atoms with Gasteiger partial charge < -0.3 is 9.26 Å². The van der Waals surface area contributed by atoms with E-state index in [1.165, 1.54) is 19.2 Å². The summed E-state index contributed by atoms with van der Waals surface area (Å²) in [5, 5.41) is 3.86. The second-order valence-corrected chi connectivity index (χ2v) is 4.51. The molecule has 110 valence electrons. The molecule has 6 heteroatoms. The van der Waals surface area contributed by atoms with Gasteiger partial charge in [-0.25, -0.2) is 9.18 Å². The molecular weight excluding hydrogens is 287 g/mol. The van der Waals surface area contributed by atoms with E-state index in [1.807, 2.05) is 0 Å². The first-order valence-corrected chi connectivity index (χ1v) is 6.46. The Kier molecular flexibility index (Phi) is 3.65. The number of carbonyl (C=O) groups is 1. The molecule has 1 aromatic heterocycles. The number of rotatable bonds is 3. The molecule has 1 heterocycles. The summed E-state index contributed by atoms with van der Waals surface area (Å²) in [4.78, 5) is 15.8. The fourth-order valence-electron chi connectivity index (χ4n) is 1.98. The lowest BCUT2D eigenvalue weighted by Gasteiger charge is -2.00. The largest absolute Gasteiger partial charge is 0.465 e. The number of methoxy groups -OCH3 is 1. The minimum atomic E-state index is -0.448. The monoisotopic (exact) mass is 298 g/mol. The van der Waals surface area contributed by atoms with Crippen molar-refractivity contribution in [3.05, 3.63) is 59.9 Å². The molecule has 0 aliphatic heterocycles. The molecule has 3 aromatic rings. The maximum atomic E-state index is 13.2. The molecule has 0 bridgehead atoms. The van der Waals surface area contributed by atoms with Crippen LogP contribution in [0.15, 0.2) is 53.1 Å². The van der Waals surface area contributed by atoms with Gasteiger partial charge in [0.25, 0.3) is 5.89 Å². The van der Waals surface area contributed by atoms with Crippen molar-refractivity contribution >= 4 is 5.97 Å². The Bertz CT molecular complexity index is 830. The van der Waals surface area contributed by atoms with Crippen LogP contribution in [-0.4, -0.2) is 23.2 Å². The van der Waals surface area contributed by atoms with Gasteiger partial charge >= 0.3 is 5.97 Å². The third-order valence-electron chi connectivity index (χ3n) is 3.04. The summed E-state index contributed by atoms with van der Waals surface area (Å²) in [5.41, 5.74) is 1.48. The van der Waals surface area contributed by atoms with E-state index in [0.29, 0.717) is 22.5 Å². The maximum Gasteiger partial charge on any atom is 0.337 e. The van der Waals surface area contributed by atoms with Crippen molar-refractivity contribution in [1.82, 2.24) is 10.1 Å². The van der Waals surface area contributed by atoms with Gasteiger partial charge in [0.1, 0.15) is 5.82 Å². The number of hydrogen-bond donors (Lipinski definition) is 0. The summed E-state index contributed by atoms with van der Waals surface area (Å²) in [6.45, 7) is 0. The molecule has 0 aliphatic carbocycles. The van der Waals surface area contributed by atoms with E-state index < -0.39 is 5.97 Å². The van der Waals surface area contributed by atoms with E-state index in [0.717, 1.165) is 0 Å². The highest BCUT2D eigenvalue weighted by atomic mass is 19.1. The van der Waals surface area contributed by atoms with Crippen LogP contribution in [-0.2, 0) is 4.74 Å². The number of benzene rings is 2. The Morgan fingerprint density at radius 1 is 1.14 bits per heavy atom. The molecule has 0 spiro atoms. The van der Waals surface area contributed by atoms with Crippen molar-refractivity contribution in [1.29, 1.82) is 0 Å². The van der Waals surface area contributed by atoms with Crippen molar-refractivity contribution in [3.8, 4) is 22.8 Å². The molecule has 22 heavy (non-hydrogen) atoms. The van der Waals surface area contributed by atoms with Gasteiger partial charge in [-0.15, -0.1) is 0 Å². The molecule has 0 saturated heterocycles. The first-order valence-electron chi connectivity index (χ1n) is 6.46. The van der Waals surface area contributed by atoms with Gasteiger partial charge in [-0.1, -0.05) is 23.4 Å². The summed E-state index contributed by atoms with van der Waals surface area (Å²) >= 11 is 0. The fourth-order valence-corrected chi connectivity index (χ4v) is 1.98. The highest BCUT2D eigenvalue weighted by Gasteiger charge is 2.13. The van der Waals surface area contributed by atoms with Crippen LogP contribution in [0.2, 0.25) is 0 Å². The molecule has 0 atom stereocenters. The molecule has 0 aliphatic rings. The summed E-state index contributed by atoms with van der Waals surface area (Å²) in [5.74, 6) is -0.316. The number of ether oxygens (including phenoxy) is 1. The fraction of sp³-hybridized carbons (Fsp3) is 0.0625. The van der Waals surface area contributed by atoms with Gasteiger partial charge in [0, 0.05) is 11.1 Å². The molecule has 0 saturated carbocycles. The molecule has 0 unspecified atom stereocenters. The smallest absolute Gasteiger partial charge is 0.337 e. The molecule has 0 radical (unpaired) electrons. The van der Waals surface area contributed by atoms with Crippen LogP contribution in [0.1, 0.15) is 10.4 Å². The topological polar surface area (TPSA) is 65.2 Å². The van der Waals surface area contributed by atoms with Crippen LogP contribution in [0.4, 0.5) is 4.39 Å². The molecular formula is C16H11FN2O3. The van der Waals surface area contributed by atoms with Crippen molar-refractivity contribution in [2.75, 3.05) is 7.11 Å². The summed E-state index contributed by atoms with van der Waals surface area (Å²) in [6.07, 6.45) is 0. The van der Waals surface area contributed by atoms with E-state index in [9.17, 15) is 9.18 Å². The Labute approximate surface area is 125 Å². The predicted octanol–water partition coefficient (Wildman–Crippen LogP) is 3.33. The lowest BCUT2D eigenvalue weighted by atomic mass is 10.1. The summed E-state index contributed by atoms with van der Waals surface area (Å²) in [7, 11) is 1.31. The van der Waals surface area contributed by atoms with E-state index in [1.54, 1.807) is 36.4 Å². The normalized spacial score (nSPS) is 10.5. The Morgan fingerprint density at radius 2 is 1.91 bits per heavy atom. The van der Waals surface area contributed by atoms with Crippen LogP contribution < -0.4 is 0 Å². The maximum absolute atomic E-state index is 13.2. The van der Waals surface area contributed by atoms with Crippen LogP contribution in [0.25, 0.3) is 22.8 Å². The third kappa shape index (κ3) is 2.71. The van der Waals surface area contributed by atoms with Crippen LogP contribution in [0.3, 0.4) is 0 Å². The zero-order valence-electron chi connectivity index (χ0n) is 11.6. The first-order chi connectivity index (χ1) is 10.7.